The molecule has 292 valence electrons. The van der Waals surface area contributed by atoms with Crippen molar-refractivity contribution in [3.63, 3.8) is 0 Å². The average molecular weight is 793 g/mol. The predicted molar refractivity (Wildman–Crippen MR) is 256 cm³/mol. The van der Waals surface area contributed by atoms with Gasteiger partial charge in [0.05, 0.1) is 11.0 Å². The lowest BCUT2D eigenvalue weighted by molar-refractivity contribution is 0.661. The lowest BCUT2D eigenvalue weighted by Gasteiger charge is -2.22. The zero-order valence-corrected chi connectivity index (χ0v) is 34.4. The highest BCUT2D eigenvalue weighted by molar-refractivity contribution is 6.14. The average Bonchev–Trinajstić information content (AvgIpc) is 3.80. The molecule has 12 rings (SSSR count). The van der Waals surface area contributed by atoms with E-state index in [4.69, 9.17) is 15.0 Å². The Balaban J connectivity index is 1.02. The van der Waals surface area contributed by atoms with E-state index in [1.54, 1.807) is 0 Å². The van der Waals surface area contributed by atoms with Gasteiger partial charge in [0.15, 0.2) is 17.5 Å². The number of benzene rings is 9. The molecule has 0 unspecified atom stereocenters. The summed E-state index contributed by atoms with van der Waals surface area (Å²) in [5.41, 5.74) is 16.1. The highest BCUT2D eigenvalue weighted by atomic mass is 15.0. The molecule has 2 heterocycles. The summed E-state index contributed by atoms with van der Waals surface area (Å²) in [5.74, 6) is 1.89. The van der Waals surface area contributed by atoms with Gasteiger partial charge in [0, 0.05) is 44.1 Å². The number of aromatic nitrogens is 4. The second-order valence-corrected chi connectivity index (χ2v) is 16.8. The van der Waals surface area contributed by atoms with E-state index in [0.717, 1.165) is 33.5 Å². The summed E-state index contributed by atoms with van der Waals surface area (Å²) >= 11 is 0. The third kappa shape index (κ3) is 5.72. The second kappa shape index (κ2) is 14.1. The molecule has 0 N–H and O–H groups in total. The molecule has 0 bridgehead atoms. The number of hydrogen-bond acceptors (Lipinski definition) is 3. The molecule has 1 aliphatic carbocycles. The van der Waals surface area contributed by atoms with Gasteiger partial charge < -0.3 is 4.57 Å². The molecule has 0 amide bonds. The van der Waals surface area contributed by atoms with Gasteiger partial charge in [-0.2, -0.15) is 0 Å². The molecule has 1 aliphatic rings. The molecule has 0 radical (unpaired) electrons. The molecule has 0 atom stereocenters. The highest BCUT2D eigenvalue weighted by Crippen LogP contribution is 2.52. The molecule has 62 heavy (non-hydrogen) atoms. The molecular weight excluding hydrogens is 753 g/mol. The Morgan fingerprint density at radius 1 is 0.371 bits per heavy atom. The maximum absolute atomic E-state index is 5.17. The third-order valence-electron chi connectivity index (χ3n) is 12.9. The maximum Gasteiger partial charge on any atom is 0.164 e. The summed E-state index contributed by atoms with van der Waals surface area (Å²) in [6, 6.07) is 73.7. The van der Waals surface area contributed by atoms with Gasteiger partial charge >= 0.3 is 0 Å². The molecular formula is C58H40N4. The number of fused-ring (bicyclic) bond motifs is 8. The fraction of sp³-hybridized carbons (Fsp3) is 0.0517. The molecule has 0 aliphatic heterocycles. The highest BCUT2D eigenvalue weighted by Gasteiger charge is 2.36. The zero-order chi connectivity index (χ0) is 41.4. The standard InChI is InChI=1S/C58H40N4/c1-58(2)50-34-32-39-17-9-10-22-45(39)53(50)49-33-31-42(36-51(49)58)46-24-14-25-48-47-23-11-12-26-52(47)62(54(46)48)44-21-13-20-43(35-44)57-60-55(40-18-7-4-8-19-40)59-56(61-57)41-29-27-38(28-30-41)37-15-5-3-6-16-37/h3-36H,1-2H3. The Hall–Kier alpha value is -7.95. The van der Waals surface area contributed by atoms with E-state index >= 15 is 0 Å². The number of rotatable bonds is 6. The largest absolute Gasteiger partial charge is 0.309 e. The van der Waals surface area contributed by atoms with Gasteiger partial charge in [-0.1, -0.05) is 196 Å². The lowest BCUT2D eigenvalue weighted by Crippen LogP contribution is -2.15. The van der Waals surface area contributed by atoms with Gasteiger partial charge in [-0.15, -0.1) is 0 Å². The van der Waals surface area contributed by atoms with Gasteiger partial charge in [-0.25, -0.2) is 15.0 Å². The number of hydrogen-bond donors (Lipinski definition) is 0. The fourth-order valence-corrected chi connectivity index (χ4v) is 9.77. The molecule has 11 aromatic rings. The Bertz CT molecular complexity index is 3530. The van der Waals surface area contributed by atoms with Crippen molar-refractivity contribution in [2.75, 3.05) is 0 Å². The van der Waals surface area contributed by atoms with Crippen LogP contribution in [0.2, 0.25) is 0 Å². The van der Waals surface area contributed by atoms with Crippen molar-refractivity contribution in [2.24, 2.45) is 0 Å². The summed E-state index contributed by atoms with van der Waals surface area (Å²) in [6.45, 7) is 4.74. The van der Waals surface area contributed by atoms with Crippen LogP contribution in [0.5, 0.6) is 0 Å². The molecule has 2 aromatic heterocycles. The second-order valence-electron chi connectivity index (χ2n) is 16.8. The van der Waals surface area contributed by atoms with Crippen LogP contribution in [0.4, 0.5) is 0 Å². The Kier molecular flexibility index (Phi) is 8.16. The maximum atomic E-state index is 5.17. The molecule has 0 fully saturated rings. The van der Waals surface area contributed by atoms with E-state index in [0.29, 0.717) is 17.5 Å². The van der Waals surface area contributed by atoms with Crippen LogP contribution < -0.4 is 0 Å². The van der Waals surface area contributed by atoms with Crippen molar-refractivity contribution in [3.05, 3.63) is 217 Å². The summed E-state index contributed by atoms with van der Waals surface area (Å²) in [6.07, 6.45) is 0. The Morgan fingerprint density at radius 2 is 0.935 bits per heavy atom. The van der Waals surface area contributed by atoms with Crippen LogP contribution in [0.3, 0.4) is 0 Å². The smallest absolute Gasteiger partial charge is 0.164 e. The van der Waals surface area contributed by atoms with E-state index in [2.05, 4.69) is 200 Å². The van der Waals surface area contributed by atoms with Crippen LogP contribution in [0.15, 0.2) is 206 Å². The Labute approximate surface area is 360 Å². The number of nitrogens with zero attached hydrogens (tertiary/aromatic N) is 4. The van der Waals surface area contributed by atoms with E-state index in [1.807, 2.05) is 24.3 Å². The minimum absolute atomic E-state index is 0.147. The van der Waals surface area contributed by atoms with Gasteiger partial charge in [-0.05, 0) is 74.0 Å². The van der Waals surface area contributed by atoms with Crippen molar-refractivity contribution in [2.45, 2.75) is 19.3 Å². The lowest BCUT2D eigenvalue weighted by atomic mass is 9.81. The van der Waals surface area contributed by atoms with Crippen LogP contribution in [0, 0.1) is 0 Å². The van der Waals surface area contributed by atoms with Crippen LogP contribution in [-0.2, 0) is 5.41 Å². The predicted octanol–water partition coefficient (Wildman–Crippen LogP) is 14.8. The van der Waals surface area contributed by atoms with Crippen molar-refractivity contribution in [3.8, 4) is 73.2 Å². The van der Waals surface area contributed by atoms with Gasteiger partial charge in [0.1, 0.15) is 0 Å². The quantitative estimate of drug-likeness (QED) is 0.168. The first kappa shape index (κ1) is 35.9. The van der Waals surface area contributed by atoms with E-state index in [-0.39, 0.29) is 5.41 Å². The van der Waals surface area contributed by atoms with E-state index in [9.17, 15) is 0 Å². The van der Waals surface area contributed by atoms with E-state index in [1.165, 1.54) is 66.0 Å². The zero-order valence-electron chi connectivity index (χ0n) is 34.4. The van der Waals surface area contributed by atoms with Crippen molar-refractivity contribution < 1.29 is 0 Å². The van der Waals surface area contributed by atoms with Crippen LogP contribution in [0.1, 0.15) is 25.0 Å². The molecule has 0 spiro atoms. The molecule has 4 nitrogen and oxygen atoms in total. The van der Waals surface area contributed by atoms with Gasteiger partial charge in [-0.3, -0.25) is 0 Å². The van der Waals surface area contributed by atoms with Crippen LogP contribution >= 0.6 is 0 Å². The monoisotopic (exact) mass is 792 g/mol. The first-order chi connectivity index (χ1) is 30.5. The minimum Gasteiger partial charge on any atom is -0.309 e. The summed E-state index contributed by atoms with van der Waals surface area (Å²) in [5, 5.41) is 5.01. The number of para-hydroxylation sites is 2. The first-order valence-electron chi connectivity index (χ1n) is 21.3. The molecule has 0 saturated heterocycles. The Morgan fingerprint density at radius 3 is 1.71 bits per heavy atom. The molecule has 4 heteroatoms. The minimum atomic E-state index is -0.147. The first-order valence-corrected chi connectivity index (χ1v) is 21.3. The summed E-state index contributed by atoms with van der Waals surface area (Å²) in [4.78, 5) is 15.3. The van der Waals surface area contributed by atoms with Gasteiger partial charge in [0.2, 0.25) is 0 Å². The summed E-state index contributed by atoms with van der Waals surface area (Å²) in [7, 11) is 0. The van der Waals surface area contributed by atoms with Crippen molar-refractivity contribution in [1.29, 1.82) is 0 Å². The molecule has 9 aromatic carbocycles. The van der Waals surface area contributed by atoms with Crippen LogP contribution in [0.25, 0.3) is 106 Å². The van der Waals surface area contributed by atoms with Crippen LogP contribution in [-0.4, -0.2) is 19.5 Å². The fourth-order valence-electron chi connectivity index (χ4n) is 9.77. The topological polar surface area (TPSA) is 43.6 Å². The SMILES string of the molecule is CC1(C)c2cc(-c3cccc4c5ccccc5n(-c5cccc(-c6nc(-c7ccccc7)nc(-c7ccc(-c8ccccc8)cc7)n6)c5)c34)ccc2-c2c1ccc1ccccc21. The molecule has 0 saturated carbocycles. The summed E-state index contributed by atoms with van der Waals surface area (Å²) < 4.78 is 2.42. The van der Waals surface area contributed by atoms with Gasteiger partial charge in [0.25, 0.3) is 0 Å². The normalized spacial score (nSPS) is 12.8. The van der Waals surface area contributed by atoms with E-state index < -0.39 is 0 Å². The third-order valence-corrected chi connectivity index (χ3v) is 12.9. The van der Waals surface area contributed by atoms with Crippen molar-refractivity contribution in [1.82, 2.24) is 19.5 Å². The van der Waals surface area contributed by atoms with Crippen molar-refractivity contribution >= 4 is 32.6 Å².